The summed E-state index contributed by atoms with van der Waals surface area (Å²) in [6.45, 7) is 3.69. The van der Waals surface area contributed by atoms with Crippen LogP contribution >= 0.6 is 0 Å². The van der Waals surface area contributed by atoms with Crippen molar-refractivity contribution in [3.63, 3.8) is 0 Å². The van der Waals surface area contributed by atoms with E-state index in [0.717, 1.165) is 40.5 Å². The Morgan fingerprint density at radius 2 is 2.00 bits per heavy atom. The first-order valence-electron chi connectivity index (χ1n) is 9.22. The molecule has 0 aliphatic carbocycles. The molecule has 27 heavy (non-hydrogen) atoms. The summed E-state index contributed by atoms with van der Waals surface area (Å²) in [5.74, 6) is 2.53. The number of rotatable bonds is 6. The maximum Gasteiger partial charge on any atom is 0.231 e. The molecular weight excluding hydrogens is 342 g/mol. The molecule has 3 aromatic rings. The number of aromatic nitrogens is 2. The average molecular weight is 365 g/mol. The van der Waals surface area contributed by atoms with Gasteiger partial charge in [-0.1, -0.05) is 18.2 Å². The first kappa shape index (κ1) is 17.4. The van der Waals surface area contributed by atoms with E-state index in [1.54, 1.807) is 4.90 Å². The fraction of sp³-hybridized carbons (Fsp3) is 0.333. The second-order valence-corrected chi connectivity index (χ2v) is 6.70. The van der Waals surface area contributed by atoms with Gasteiger partial charge in [-0.15, -0.1) is 0 Å². The van der Waals surface area contributed by atoms with Gasteiger partial charge in [0.05, 0.1) is 17.6 Å². The van der Waals surface area contributed by atoms with Crippen LogP contribution in [-0.4, -0.2) is 34.2 Å². The summed E-state index contributed by atoms with van der Waals surface area (Å²) in [5, 5.41) is 0. The lowest BCUT2D eigenvalue weighted by Gasteiger charge is -2.17. The van der Waals surface area contributed by atoms with Gasteiger partial charge in [-0.05, 0) is 43.2 Å². The molecule has 1 amide bonds. The molecule has 140 valence electrons. The van der Waals surface area contributed by atoms with Gasteiger partial charge in [-0.3, -0.25) is 4.79 Å². The highest BCUT2D eigenvalue weighted by molar-refractivity contribution is 5.77. The Hall–Kier alpha value is -3.02. The van der Waals surface area contributed by atoms with Gasteiger partial charge in [-0.25, -0.2) is 4.98 Å². The second-order valence-electron chi connectivity index (χ2n) is 6.70. The van der Waals surface area contributed by atoms with Gasteiger partial charge in [0.25, 0.3) is 0 Å². The lowest BCUT2D eigenvalue weighted by molar-refractivity contribution is -0.130. The maximum absolute atomic E-state index is 12.6. The zero-order chi connectivity index (χ0) is 18.8. The third kappa shape index (κ3) is 3.47. The highest BCUT2D eigenvalue weighted by atomic mass is 16.7. The van der Waals surface area contributed by atoms with Crippen molar-refractivity contribution < 1.29 is 14.3 Å². The van der Waals surface area contributed by atoms with Crippen LogP contribution in [0.25, 0.3) is 11.0 Å². The van der Waals surface area contributed by atoms with E-state index >= 15 is 0 Å². The van der Waals surface area contributed by atoms with E-state index in [2.05, 4.69) is 17.6 Å². The monoisotopic (exact) mass is 365 g/mol. The van der Waals surface area contributed by atoms with E-state index in [9.17, 15) is 4.79 Å². The molecule has 2 heterocycles. The number of ether oxygens (including phenoxy) is 2. The Morgan fingerprint density at radius 1 is 1.19 bits per heavy atom. The van der Waals surface area contributed by atoms with Crippen LogP contribution in [0.1, 0.15) is 24.7 Å². The molecule has 0 N–H and O–H groups in total. The van der Waals surface area contributed by atoms with Crippen LogP contribution in [0.3, 0.4) is 0 Å². The molecule has 2 aromatic carbocycles. The highest BCUT2D eigenvalue weighted by Crippen LogP contribution is 2.32. The number of imidazole rings is 1. The van der Waals surface area contributed by atoms with Gasteiger partial charge in [0.2, 0.25) is 12.7 Å². The molecule has 4 rings (SSSR count). The van der Waals surface area contributed by atoms with E-state index in [1.165, 1.54) is 0 Å². The highest BCUT2D eigenvalue weighted by Gasteiger charge is 2.17. The van der Waals surface area contributed by atoms with E-state index in [1.807, 2.05) is 43.4 Å². The first-order valence-corrected chi connectivity index (χ1v) is 9.22. The normalized spacial score (nSPS) is 12.5. The van der Waals surface area contributed by atoms with Crippen molar-refractivity contribution in [2.45, 2.75) is 32.9 Å². The number of aryl methyl sites for hydroxylation is 2. The minimum atomic E-state index is 0.0994. The molecule has 1 aliphatic rings. The molecule has 0 saturated carbocycles. The molecule has 0 saturated heterocycles. The van der Waals surface area contributed by atoms with Crippen LogP contribution in [0.5, 0.6) is 11.5 Å². The van der Waals surface area contributed by atoms with Crippen LogP contribution in [0.2, 0.25) is 0 Å². The second kappa shape index (κ2) is 7.31. The van der Waals surface area contributed by atoms with Gasteiger partial charge in [0.1, 0.15) is 5.82 Å². The third-order valence-corrected chi connectivity index (χ3v) is 4.92. The first-order chi connectivity index (χ1) is 13.2. The predicted molar refractivity (Wildman–Crippen MR) is 103 cm³/mol. The van der Waals surface area contributed by atoms with Gasteiger partial charge in [-0.2, -0.15) is 0 Å². The zero-order valence-corrected chi connectivity index (χ0v) is 15.6. The fourth-order valence-corrected chi connectivity index (χ4v) is 3.44. The Kier molecular flexibility index (Phi) is 4.71. The van der Waals surface area contributed by atoms with Crippen LogP contribution in [0.4, 0.5) is 0 Å². The summed E-state index contributed by atoms with van der Waals surface area (Å²) in [5.41, 5.74) is 3.15. The summed E-state index contributed by atoms with van der Waals surface area (Å²) in [4.78, 5) is 19.1. The topological polar surface area (TPSA) is 56.6 Å². The summed E-state index contributed by atoms with van der Waals surface area (Å²) < 4.78 is 12.9. The Labute approximate surface area is 158 Å². The van der Waals surface area contributed by atoms with Crippen molar-refractivity contribution in [3.05, 3.63) is 53.9 Å². The van der Waals surface area contributed by atoms with E-state index in [-0.39, 0.29) is 12.7 Å². The lowest BCUT2D eigenvalue weighted by Crippen LogP contribution is -2.27. The lowest BCUT2D eigenvalue weighted by atomic mass is 10.1. The Morgan fingerprint density at radius 3 is 2.85 bits per heavy atom. The standard InChI is InChI=1S/C21H23N3O3/c1-3-24-17-7-5-4-6-16(17)22-20(24)13-23(2)21(25)11-9-15-8-10-18-19(12-15)27-14-26-18/h4-8,10,12H,3,9,11,13-14H2,1-2H3. The molecule has 0 unspecified atom stereocenters. The number of carbonyl (C=O) groups excluding carboxylic acids is 1. The van der Waals surface area contributed by atoms with Crippen LogP contribution < -0.4 is 9.47 Å². The SMILES string of the molecule is CCn1c(CN(C)C(=O)CCc2ccc3c(c2)OCO3)nc2ccccc21. The molecule has 1 aromatic heterocycles. The largest absolute Gasteiger partial charge is 0.454 e. The minimum Gasteiger partial charge on any atom is -0.454 e. The number of hydrogen-bond donors (Lipinski definition) is 0. The summed E-state index contributed by atoms with van der Waals surface area (Å²) in [6.07, 6.45) is 1.12. The van der Waals surface area contributed by atoms with Crippen molar-refractivity contribution >= 4 is 16.9 Å². The Bertz CT molecular complexity index is 980. The van der Waals surface area contributed by atoms with Gasteiger partial charge < -0.3 is 18.9 Å². The summed E-state index contributed by atoms with van der Waals surface area (Å²) >= 11 is 0. The van der Waals surface area contributed by atoms with Gasteiger partial charge in [0, 0.05) is 20.0 Å². The van der Waals surface area contributed by atoms with Crippen LogP contribution in [0, 0.1) is 0 Å². The molecule has 0 spiro atoms. The van der Waals surface area contributed by atoms with Crippen molar-refractivity contribution in [2.75, 3.05) is 13.8 Å². The molecule has 1 aliphatic heterocycles. The molecule has 6 nitrogen and oxygen atoms in total. The maximum atomic E-state index is 12.6. The van der Waals surface area contributed by atoms with Gasteiger partial charge >= 0.3 is 0 Å². The number of para-hydroxylation sites is 2. The number of nitrogens with zero attached hydrogens (tertiary/aromatic N) is 3. The molecule has 0 radical (unpaired) electrons. The van der Waals surface area contributed by atoms with E-state index in [0.29, 0.717) is 19.4 Å². The summed E-state index contributed by atoms with van der Waals surface area (Å²) in [7, 11) is 1.83. The predicted octanol–water partition coefficient (Wildman–Crippen LogP) is 3.38. The smallest absolute Gasteiger partial charge is 0.231 e. The van der Waals surface area contributed by atoms with Crippen molar-refractivity contribution in [1.29, 1.82) is 0 Å². The molecule has 0 atom stereocenters. The number of hydrogen-bond acceptors (Lipinski definition) is 4. The minimum absolute atomic E-state index is 0.0994. The fourth-order valence-electron chi connectivity index (χ4n) is 3.44. The number of fused-ring (bicyclic) bond motifs is 2. The van der Waals surface area contributed by atoms with Gasteiger partial charge in [0.15, 0.2) is 11.5 Å². The van der Waals surface area contributed by atoms with Crippen LogP contribution in [0.15, 0.2) is 42.5 Å². The third-order valence-electron chi connectivity index (χ3n) is 4.92. The molecule has 6 heteroatoms. The number of amides is 1. The number of benzene rings is 2. The quantitative estimate of drug-likeness (QED) is 0.672. The van der Waals surface area contributed by atoms with Crippen molar-refractivity contribution in [1.82, 2.24) is 14.5 Å². The van der Waals surface area contributed by atoms with E-state index in [4.69, 9.17) is 14.5 Å². The van der Waals surface area contributed by atoms with Crippen molar-refractivity contribution in [2.24, 2.45) is 0 Å². The van der Waals surface area contributed by atoms with E-state index < -0.39 is 0 Å². The zero-order valence-electron chi connectivity index (χ0n) is 15.6. The summed E-state index contributed by atoms with van der Waals surface area (Å²) in [6, 6.07) is 13.9. The Balaban J connectivity index is 1.41. The van der Waals surface area contributed by atoms with Crippen molar-refractivity contribution in [3.8, 4) is 11.5 Å². The number of carbonyl (C=O) groups is 1. The van der Waals surface area contributed by atoms with Crippen LogP contribution in [-0.2, 0) is 24.3 Å². The molecular formula is C21H23N3O3. The molecule has 0 bridgehead atoms. The average Bonchev–Trinajstić information content (AvgIpc) is 3.29. The molecule has 0 fully saturated rings.